The third-order valence-electron chi connectivity index (χ3n) is 4.57. The Hall–Kier alpha value is -1.42. The Morgan fingerprint density at radius 1 is 1.48 bits per heavy atom. The summed E-state index contributed by atoms with van der Waals surface area (Å²) in [7, 11) is 1.70. The molecule has 0 amide bonds. The fourth-order valence-corrected chi connectivity index (χ4v) is 2.46. The Morgan fingerprint density at radius 3 is 2.61 bits per heavy atom. The Kier molecular flexibility index (Phi) is 7.69. The number of nitrogens with one attached hydrogen (secondary N) is 1. The number of allylic oxidation sites excluding steroid dienone is 4. The van der Waals surface area contributed by atoms with Gasteiger partial charge in [0, 0.05) is 7.05 Å². The van der Waals surface area contributed by atoms with Gasteiger partial charge < -0.3 is 9.64 Å². The summed E-state index contributed by atoms with van der Waals surface area (Å²) in [4.78, 5) is 1.54. The lowest BCUT2D eigenvalue weighted by atomic mass is 9.80. The fourth-order valence-electron chi connectivity index (χ4n) is 2.46. The fraction of sp³-hybridized carbons (Fsp3) is 0.632. The van der Waals surface area contributed by atoms with Crippen LogP contribution in [0, 0.1) is 11.3 Å². The highest BCUT2D eigenvalue weighted by Gasteiger charge is 2.32. The third-order valence-corrected chi connectivity index (χ3v) is 4.57. The summed E-state index contributed by atoms with van der Waals surface area (Å²) in [5.41, 5.74) is 0.436. The molecule has 1 N–H and O–H groups in total. The van der Waals surface area contributed by atoms with Crippen molar-refractivity contribution in [3.8, 4) is 0 Å². The molecule has 0 aromatic rings. The van der Waals surface area contributed by atoms with Crippen molar-refractivity contribution < 1.29 is 9.13 Å². The van der Waals surface area contributed by atoms with E-state index in [1.165, 1.54) is 24.8 Å². The van der Waals surface area contributed by atoms with Crippen LogP contribution in [-0.4, -0.2) is 36.3 Å². The molecule has 0 aromatic carbocycles. The zero-order valence-electron chi connectivity index (χ0n) is 14.9. The van der Waals surface area contributed by atoms with Gasteiger partial charge in [0.15, 0.2) is 0 Å². The summed E-state index contributed by atoms with van der Waals surface area (Å²) in [6.45, 7) is 9.30. The van der Waals surface area contributed by atoms with E-state index in [2.05, 4.69) is 19.6 Å². The average molecular weight is 322 g/mol. The maximum Gasteiger partial charge on any atom is 0.150 e. The first kappa shape index (κ1) is 19.6. The van der Waals surface area contributed by atoms with E-state index in [1.54, 1.807) is 31.9 Å². The zero-order chi connectivity index (χ0) is 17.5. The SMILES string of the molecule is C=CC(OC(C)(C)C(F)CC=C/C=C(\C)C1CCC1)N(C)C=N. The van der Waals surface area contributed by atoms with Gasteiger partial charge in [-0.2, -0.15) is 0 Å². The molecule has 0 spiro atoms. The molecule has 1 rings (SSSR count). The first-order chi connectivity index (χ1) is 10.8. The molecular formula is C19H31FN2O. The van der Waals surface area contributed by atoms with Crippen molar-refractivity contribution in [3.63, 3.8) is 0 Å². The molecule has 1 saturated carbocycles. The van der Waals surface area contributed by atoms with Gasteiger partial charge in [0.25, 0.3) is 0 Å². The van der Waals surface area contributed by atoms with Crippen molar-refractivity contribution in [1.82, 2.24) is 4.90 Å². The number of ether oxygens (including phenoxy) is 1. The summed E-state index contributed by atoms with van der Waals surface area (Å²) < 4.78 is 20.3. The van der Waals surface area contributed by atoms with E-state index < -0.39 is 18.0 Å². The maximum absolute atomic E-state index is 14.5. The highest BCUT2D eigenvalue weighted by Crippen LogP contribution is 2.32. The monoisotopic (exact) mass is 322 g/mol. The van der Waals surface area contributed by atoms with Crippen LogP contribution in [0.3, 0.4) is 0 Å². The van der Waals surface area contributed by atoms with E-state index in [9.17, 15) is 4.39 Å². The highest BCUT2D eigenvalue weighted by molar-refractivity contribution is 5.50. The Morgan fingerprint density at radius 2 is 2.13 bits per heavy atom. The van der Waals surface area contributed by atoms with Gasteiger partial charge in [0.2, 0.25) is 0 Å². The number of nitrogens with zero attached hydrogens (tertiary/aromatic N) is 1. The smallest absolute Gasteiger partial charge is 0.150 e. The molecule has 0 aliphatic heterocycles. The van der Waals surface area contributed by atoms with Gasteiger partial charge in [-0.1, -0.05) is 36.8 Å². The van der Waals surface area contributed by atoms with Crippen LogP contribution in [-0.2, 0) is 4.74 Å². The van der Waals surface area contributed by atoms with Gasteiger partial charge in [-0.3, -0.25) is 5.41 Å². The van der Waals surface area contributed by atoms with Crippen LogP contribution in [0.25, 0.3) is 0 Å². The second kappa shape index (κ2) is 9.02. The lowest BCUT2D eigenvalue weighted by Crippen LogP contribution is -2.44. The minimum atomic E-state index is -1.13. The van der Waals surface area contributed by atoms with Gasteiger partial charge in [-0.05, 0) is 52.0 Å². The first-order valence-electron chi connectivity index (χ1n) is 8.32. The van der Waals surface area contributed by atoms with Gasteiger partial charge in [-0.25, -0.2) is 4.39 Å². The van der Waals surface area contributed by atoms with Crippen LogP contribution in [0.15, 0.2) is 36.5 Å². The Bertz CT molecular complexity index is 452. The predicted octanol–water partition coefficient (Wildman–Crippen LogP) is 4.86. The molecule has 4 heteroatoms. The number of rotatable bonds is 10. The minimum absolute atomic E-state index is 0.305. The predicted molar refractivity (Wildman–Crippen MR) is 95.4 cm³/mol. The number of hydrogen-bond donors (Lipinski definition) is 1. The second-order valence-electron chi connectivity index (χ2n) is 6.81. The Labute approximate surface area is 140 Å². The minimum Gasteiger partial charge on any atom is -0.346 e. The molecule has 1 fully saturated rings. The van der Waals surface area contributed by atoms with E-state index in [1.807, 2.05) is 12.2 Å². The molecule has 0 saturated heterocycles. The molecule has 0 heterocycles. The molecule has 0 aromatic heterocycles. The van der Waals surface area contributed by atoms with E-state index in [-0.39, 0.29) is 0 Å². The van der Waals surface area contributed by atoms with Crippen LogP contribution in [0.1, 0.15) is 46.5 Å². The van der Waals surface area contributed by atoms with Crippen molar-refractivity contribution in [2.45, 2.75) is 64.5 Å². The van der Waals surface area contributed by atoms with E-state index in [0.717, 1.165) is 12.3 Å². The van der Waals surface area contributed by atoms with Crippen LogP contribution in [0.4, 0.5) is 4.39 Å². The second-order valence-corrected chi connectivity index (χ2v) is 6.81. The van der Waals surface area contributed by atoms with Crippen molar-refractivity contribution in [2.24, 2.45) is 5.92 Å². The van der Waals surface area contributed by atoms with Crippen molar-refractivity contribution in [3.05, 3.63) is 36.5 Å². The standard InChI is InChI=1S/C19H31FN2O/c1-6-18(22(5)14-21)23-19(3,4)17(20)13-8-7-10-15(2)16-11-9-12-16/h6-8,10,14,16-18,21H,1,9,11-13H2,2-5H3/b8-7?,15-10+,21-14?. The zero-order valence-corrected chi connectivity index (χ0v) is 14.9. The summed E-state index contributed by atoms with van der Waals surface area (Å²) in [6, 6.07) is 0. The van der Waals surface area contributed by atoms with Crippen LogP contribution in [0.2, 0.25) is 0 Å². The van der Waals surface area contributed by atoms with Crippen LogP contribution < -0.4 is 0 Å². The lowest BCUT2D eigenvalue weighted by Gasteiger charge is -2.35. The van der Waals surface area contributed by atoms with Gasteiger partial charge in [0.05, 0.1) is 11.9 Å². The topological polar surface area (TPSA) is 36.3 Å². The molecule has 2 atom stereocenters. The molecule has 3 nitrogen and oxygen atoms in total. The molecule has 1 aliphatic rings. The molecule has 0 radical (unpaired) electrons. The number of hydrogen-bond acceptors (Lipinski definition) is 2. The lowest BCUT2D eigenvalue weighted by molar-refractivity contribution is -0.126. The summed E-state index contributed by atoms with van der Waals surface area (Å²) in [6.07, 6.45) is 11.2. The number of alkyl halides is 1. The summed E-state index contributed by atoms with van der Waals surface area (Å²) in [5.74, 6) is 0.727. The molecule has 2 unspecified atom stereocenters. The number of halogens is 1. The van der Waals surface area contributed by atoms with Gasteiger partial charge in [-0.15, -0.1) is 0 Å². The molecule has 23 heavy (non-hydrogen) atoms. The largest absolute Gasteiger partial charge is 0.346 e. The van der Waals surface area contributed by atoms with Crippen molar-refractivity contribution in [1.29, 1.82) is 5.41 Å². The van der Waals surface area contributed by atoms with E-state index in [0.29, 0.717) is 6.42 Å². The molecule has 0 bridgehead atoms. The average Bonchev–Trinajstić information content (AvgIpc) is 2.46. The van der Waals surface area contributed by atoms with Crippen LogP contribution >= 0.6 is 0 Å². The van der Waals surface area contributed by atoms with E-state index >= 15 is 0 Å². The Balaban J connectivity index is 2.51. The summed E-state index contributed by atoms with van der Waals surface area (Å²) in [5, 5.41) is 7.25. The van der Waals surface area contributed by atoms with Gasteiger partial charge >= 0.3 is 0 Å². The normalized spacial score (nSPS) is 19.3. The maximum atomic E-state index is 14.5. The van der Waals surface area contributed by atoms with Crippen LogP contribution in [0.5, 0.6) is 0 Å². The molecular weight excluding hydrogens is 291 g/mol. The summed E-state index contributed by atoms with van der Waals surface area (Å²) >= 11 is 0. The van der Waals surface area contributed by atoms with E-state index in [4.69, 9.17) is 10.1 Å². The third kappa shape index (κ3) is 5.94. The number of likely N-dealkylation sites (N-methyl/N-ethyl adjacent to an activating group) is 1. The van der Waals surface area contributed by atoms with Crippen molar-refractivity contribution >= 4 is 6.34 Å². The van der Waals surface area contributed by atoms with Gasteiger partial charge in [0.1, 0.15) is 12.4 Å². The van der Waals surface area contributed by atoms with Crippen molar-refractivity contribution in [2.75, 3.05) is 7.05 Å². The first-order valence-corrected chi connectivity index (χ1v) is 8.32. The molecule has 1 aliphatic carbocycles. The highest BCUT2D eigenvalue weighted by atomic mass is 19.1. The molecule has 130 valence electrons. The quantitative estimate of drug-likeness (QED) is 0.205.